The van der Waals surface area contributed by atoms with E-state index in [9.17, 15) is 4.79 Å². The summed E-state index contributed by atoms with van der Waals surface area (Å²) >= 11 is 0. The number of nitrogens with one attached hydrogen (secondary N) is 1. The second-order valence-electron chi connectivity index (χ2n) is 3.81. The Balaban J connectivity index is 2.33. The van der Waals surface area contributed by atoms with Crippen molar-refractivity contribution in [2.45, 2.75) is 31.8 Å². The van der Waals surface area contributed by atoms with Gasteiger partial charge in [0.15, 0.2) is 0 Å². The van der Waals surface area contributed by atoms with Gasteiger partial charge in [-0.15, -0.1) is 0 Å². The predicted molar refractivity (Wildman–Crippen MR) is 52.3 cm³/mol. The highest BCUT2D eigenvalue weighted by atomic mass is 16.2. The Kier molecular flexibility index (Phi) is 3.69. The van der Waals surface area contributed by atoms with Crippen molar-refractivity contribution < 1.29 is 4.79 Å². The van der Waals surface area contributed by atoms with Crippen molar-refractivity contribution in [1.82, 2.24) is 10.2 Å². The van der Waals surface area contributed by atoms with Gasteiger partial charge < -0.3 is 16.0 Å². The fourth-order valence-electron chi connectivity index (χ4n) is 1.62. The van der Waals surface area contributed by atoms with Crippen LogP contribution in [0.1, 0.15) is 19.8 Å². The molecule has 0 aromatic heterocycles. The van der Waals surface area contributed by atoms with Gasteiger partial charge in [-0.2, -0.15) is 0 Å². The maximum Gasteiger partial charge on any atom is 0.222 e. The van der Waals surface area contributed by atoms with Gasteiger partial charge in [-0.3, -0.25) is 4.79 Å². The third kappa shape index (κ3) is 2.97. The van der Waals surface area contributed by atoms with Gasteiger partial charge in [-0.05, 0) is 13.3 Å². The number of amides is 1. The van der Waals surface area contributed by atoms with Crippen LogP contribution in [-0.4, -0.2) is 43.0 Å². The van der Waals surface area contributed by atoms with Crippen molar-refractivity contribution >= 4 is 5.91 Å². The molecule has 13 heavy (non-hydrogen) atoms. The van der Waals surface area contributed by atoms with Gasteiger partial charge in [0.05, 0.1) is 0 Å². The Labute approximate surface area is 79.5 Å². The summed E-state index contributed by atoms with van der Waals surface area (Å²) < 4.78 is 0. The van der Waals surface area contributed by atoms with Crippen LogP contribution in [0.4, 0.5) is 0 Å². The van der Waals surface area contributed by atoms with Crippen LogP contribution in [0.15, 0.2) is 0 Å². The second-order valence-corrected chi connectivity index (χ2v) is 3.81. The summed E-state index contributed by atoms with van der Waals surface area (Å²) in [6.45, 7) is 3.52. The molecule has 1 heterocycles. The fourth-order valence-corrected chi connectivity index (χ4v) is 1.62. The quantitative estimate of drug-likeness (QED) is 0.626. The molecule has 1 rings (SSSR count). The Bertz CT molecular complexity index is 184. The molecule has 2 atom stereocenters. The average molecular weight is 185 g/mol. The van der Waals surface area contributed by atoms with E-state index in [0.717, 1.165) is 13.0 Å². The van der Waals surface area contributed by atoms with E-state index in [0.29, 0.717) is 25.0 Å². The molecule has 0 radical (unpaired) electrons. The summed E-state index contributed by atoms with van der Waals surface area (Å²) in [5.74, 6) is 0.249. The molecule has 0 aromatic rings. The lowest BCUT2D eigenvalue weighted by Gasteiger charge is -2.31. The monoisotopic (exact) mass is 185 g/mol. The minimum Gasteiger partial charge on any atom is -0.344 e. The highest BCUT2D eigenvalue weighted by Crippen LogP contribution is 2.09. The minimum absolute atomic E-state index is 0.249. The number of nitrogens with zero attached hydrogens (tertiary/aromatic N) is 1. The van der Waals surface area contributed by atoms with Gasteiger partial charge in [0.25, 0.3) is 0 Å². The molecule has 0 saturated carbocycles. The molecule has 1 aliphatic rings. The number of carbonyl (C=O) groups excluding carboxylic acids is 1. The topological polar surface area (TPSA) is 58.4 Å². The SMILES string of the molecule is CC(CN)NC1CCC(=O)N(C)C1. The summed E-state index contributed by atoms with van der Waals surface area (Å²) in [6, 6.07) is 0.757. The molecular formula is C9H19N3O. The van der Waals surface area contributed by atoms with Gasteiger partial charge in [-0.1, -0.05) is 0 Å². The van der Waals surface area contributed by atoms with Crippen LogP contribution in [0.25, 0.3) is 0 Å². The van der Waals surface area contributed by atoms with E-state index < -0.39 is 0 Å². The highest BCUT2D eigenvalue weighted by Gasteiger charge is 2.23. The summed E-state index contributed by atoms with van der Waals surface area (Å²) in [5, 5.41) is 3.40. The third-order valence-corrected chi connectivity index (χ3v) is 2.50. The molecule has 4 nitrogen and oxygen atoms in total. The van der Waals surface area contributed by atoms with Gasteiger partial charge in [0, 0.05) is 38.6 Å². The molecule has 76 valence electrons. The van der Waals surface area contributed by atoms with Crippen LogP contribution in [0.5, 0.6) is 0 Å². The van der Waals surface area contributed by atoms with Crippen molar-refractivity contribution in [2.75, 3.05) is 20.1 Å². The zero-order valence-electron chi connectivity index (χ0n) is 8.42. The fraction of sp³-hybridized carbons (Fsp3) is 0.889. The lowest BCUT2D eigenvalue weighted by Crippen LogP contribution is -2.50. The number of rotatable bonds is 3. The maximum absolute atomic E-state index is 11.2. The normalized spacial score (nSPS) is 26.2. The summed E-state index contributed by atoms with van der Waals surface area (Å²) in [6.07, 6.45) is 1.60. The largest absolute Gasteiger partial charge is 0.344 e. The van der Waals surface area contributed by atoms with Crippen molar-refractivity contribution in [3.8, 4) is 0 Å². The van der Waals surface area contributed by atoms with Gasteiger partial charge in [-0.25, -0.2) is 0 Å². The first-order valence-electron chi connectivity index (χ1n) is 4.83. The molecule has 0 bridgehead atoms. The molecule has 4 heteroatoms. The minimum atomic E-state index is 0.249. The van der Waals surface area contributed by atoms with Crippen LogP contribution in [0, 0.1) is 0 Å². The Morgan fingerprint density at radius 1 is 1.77 bits per heavy atom. The molecule has 0 aromatic carbocycles. The number of piperidine rings is 1. The smallest absolute Gasteiger partial charge is 0.222 e. The lowest BCUT2D eigenvalue weighted by atomic mass is 10.0. The zero-order chi connectivity index (χ0) is 9.84. The van der Waals surface area contributed by atoms with Crippen molar-refractivity contribution in [3.05, 3.63) is 0 Å². The molecular weight excluding hydrogens is 166 g/mol. The van der Waals surface area contributed by atoms with Crippen LogP contribution < -0.4 is 11.1 Å². The van der Waals surface area contributed by atoms with E-state index in [-0.39, 0.29) is 5.91 Å². The molecule has 1 fully saturated rings. The van der Waals surface area contributed by atoms with E-state index in [1.54, 1.807) is 4.90 Å². The second kappa shape index (κ2) is 4.58. The molecule has 3 N–H and O–H groups in total. The maximum atomic E-state index is 11.2. The molecule has 0 aliphatic carbocycles. The summed E-state index contributed by atoms with van der Waals surface area (Å²) in [7, 11) is 1.85. The van der Waals surface area contributed by atoms with Crippen LogP contribution in [0.3, 0.4) is 0 Å². The van der Waals surface area contributed by atoms with E-state index in [2.05, 4.69) is 12.2 Å². The van der Waals surface area contributed by atoms with Gasteiger partial charge in [0.2, 0.25) is 5.91 Å². The third-order valence-electron chi connectivity index (χ3n) is 2.50. The summed E-state index contributed by atoms with van der Waals surface area (Å²) in [4.78, 5) is 13.0. The molecule has 1 amide bonds. The van der Waals surface area contributed by atoms with Crippen LogP contribution in [0.2, 0.25) is 0 Å². The van der Waals surface area contributed by atoms with Crippen molar-refractivity contribution in [1.29, 1.82) is 0 Å². The van der Waals surface area contributed by atoms with Crippen molar-refractivity contribution in [2.24, 2.45) is 5.73 Å². The van der Waals surface area contributed by atoms with E-state index >= 15 is 0 Å². The Hall–Kier alpha value is -0.610. The van der Waals surface area contributed by atoms with Crippen LogP contribution >= 0.6 is 0 Å². The predicted octanol–water partition coefficient (Wildman–Crippen LogP) is -0.456. The average Bonchev–Trinajstić information content (AvgIpc) is 2.11. The number of carbonyl (C=O) groups is 1. The van der Waals surface area contributed by atoms with E-state index in [1.165, 1.54) is 0 Å². The first kappa shape index (κ1) is 10.5. The number of nitrogens with two attached hydrogens (primary N) is 1. The molecule has 1 saturated heterocycles. The van der Waals surface area contributed by atoms with Gasteiger partial charge in [0.1, 0.15) is 0 Å². The number of hydrogen-bond acceptors (Lipinski definition) is 3. The first-order chi connectivity index (χ1) is 6.13. The standard InChI is InChI=1S/C9H19N3O/c1-7(5-10)11-8-3-4-9(13)12(2)6-8/h7-8,11H,3-6,10H2,1-2H3. The highest BCUT2D eigenvalue weighted by molar-refractivity contribution is 5.76. The molecule has 0 spiro atoms. The Morgan fingerprint density at radius 3 is 3.00 bits per heavy atom. The van der Waals surface area contributed by atoms with Crippen molar-refractivity contribution in [3.63, 3.8) is 0 Å². The summed E-state index contributed by atoms with van der Waals surface area (Å²) in [5.41, 5.74) is 5.51. The Morgan fingerprint density at radius 2 is 2.46 bits per heavy atom. The van der Waals surface area contributed by atoms with Gasteiger partial charge >= 0.3 is 0 Å². The molecule has 1 aliphatic heterocycles. The molecule has 2 unspecified atom stereocenters. The van der Waals surface area contributed by atoms with E-state index in [1.807, 2.05) is 7.05 Å². The van der Waals surface area contributed by atoms with Crippen LogP contribution in [-0.2, 0) is 4.79 Å². The zero-order valence-corrected chi connectivity index (χ0v) is 8.42. The number of hydrogen-bond donors (Lipinski definition) is 2. The number of likely N-dealkylation sites (tertiary alicyclic amines) is 1. The van der Waals surface area contributed by atoms with E-state index in [4.69, 9.17) is 5.73 Å². The lowest BCUT2D eigenvalue weighted by molar-refractivity contribution is -0.132. The first-order valence-corrected chi connectivity index (χ1v) is 4.83. The number of likely N-dealkylation sites (N-methyl/N-ethyl adjacent to an activating group) is 1.